The molecule has 0 radical (unpaired) electrons. The van der Waals surface area contributed by atoms with E-state index in [2.05, 4.69) is 9.88 Å². The van der Waals surface area contributed by atoms with Crippen LogP contribution in [0.15, 0.2) is 18.2 Å². The predicted molar refractivity (Wildman–Crippen MR) is 60.7 cm³/mol. The molecule has 0 amide bonds. The summed E-state index contributed by atoms with van der Waals surface area (Å²) in [5.74, 6) is 1.97. The van der Waals surface area contributed by atoms with Gasteiger partial charge in [-0.1, -0.05) is 6.07 Å². The second kappa shape index (κ2) is 4.53. The van der Waals surface area contributed by atoms with Gasteiger partial charge < -0.3 is 10.0 Å². The number of aromatic carboxylic acids is 1. The predicted octanol–water partition coefficient (Wildman–Crippen LogP) is 1.33. The Morgan fingerprint density at radius 2 is 2.13 bits per heavy atom. The Bertz CT molecular complexity index is 364. The van der Waals surface area contributed by atoms with Crippen LogP contribution in [-0.2, 0) is 0 Å². The van der Waals surface area contributed by atoms with E-state index in [1.807, 2.05) is 17.8 Å². The summed E-state index contributed by atoms with van der Waals surface area (Å²) in [6.45, 7) is 1.89. The summed E-state index contributed by atoms with van der Waals surface area (Å²) in [7, 11) is 0. The number of hydrogen-bond donors (Lipinski definition) is 1. The van der Waals surface area contributed by atoms with Gasteiger partial charge in [0.25, 0.3) is 0 Å². The van der Waals surface area contributed by atoms with Crippen LogP contribution < -0.4 is 4.90 Å². The molecule has 0 aromatic carbocycles. The number of thioether (sulfide) groups is 1. The SMILES string of the molecule is O=C(O)c1cccc(N2CCSCC2)n1. The topological polar surface area (TPSA) is 53.4 Å². The van der Waals surface area contributed by atoms with E-state index >= 15 is 0 Å². The standard InChI is InChI=1S/C10H12N2O2S/c13-10(14)8-2-1-3-9(11-8)12-4-6-15-7-5-12/h1-3H,4-7H2,(H,13,14). The van der Waals surface area contributed by atoms with Crippen LogP contribution in [0.1, 0.15) is 10.5 Å². The van der Waals surface area contributed by atoms with Crippen LogP contribution in [0.5, 0.6) is 0 Å². The third-order valence-corrected chi connectivity index (χ3v) is 3.23. The maximum Gasteiger partial charge on any atom is 0.354 e. The summed E-state index contributed by atoms with van der Waals surface area (Å²) in [5, 5.41) is 8.82. The molecule has 80 valence electrons. The van der Waals surface area contributed by atoms with Crippen molar-refractivity contribution in [1.29, 1.82) is 0 Å². The molecule has 1 aromatic heterocycles. The van der Waals surface area contributed by atoms with Gasteiger partial charge in [0.1, 0.15) is 5.82 Å². The zero-order valence-electron chi connectivity index (χ0n) is 8.22. The highest BCUT2D eigenvalue weighted by molar-refractivity contribution is 7.99. The molecule has 5 heteroatoms. The zero-order chi connectivity index (χ0) is 10.7. The van der Waals surface area contributed by atoms with E-state index in [-0.39, 0.29) is 5.69 Å². The highest BCUT2D eigenvalue weighted by Crippen LogP contribution is 2.17. The van der Waals surface area contributed by atoms with Gasteiger partial charge in [0.05, 0.1) is 0 Å². The molecule has 0 unspecified atom stereocenters. The van der Waals surface area contributed by atoms with E-state index in [4.69, 9.17) is 5.11 Å². The fourth-order valence-corrected chi connectivity index (χ4v) is 2.41. The maximum atomic E-state index is 10.8. The molecule has 1 aromatic rings. The van der Waals surface area contributed by atoms with Gasteiger partial charge in [-0.2, -0.15) is 11.8 Å². The molecular weight excluding hydrogens is 212 g/mol. The molecule has 1 N–H and O–H groups in total. The van der Waals surface area contributed by atoms with E-state index in [9.17, 15) is 4.79 Å². The van der Waals surface area contributed by atoms with Crippen LogP contribution in [0.4, 0.5) is 5.82 Å². The molecule has 4 nitrogen and oxygen atoms in total. The summed E-state index contributed by atoms with van der Waals surface area (Å²) in [5.41, 5.74) is 0.116. The molecule has 0 spiro atoms. The Morgan fingerprint density at radius 1 is 1.40 bits per heavy atom. The van der Waals surface area contributed by atoms with Crippen molar-refractivity contribution in [1.82, 2.24) is 4.98 Å². The molecule has 2 heterocycles. The Balaban J connectivity index is 2.19. The highest BCUT2D eigenvalue weighted by Gasteiger charge is 2.13. The first kappa shape index (κ1) is 10.3. The molecule has 1 saturated heterocycles. The van der Waals surface area contributed by atoms with E-state index in [1.165, 1.54) is 6.07 Å². The fraction of sp³-hybridized carbons (Fsp3) is 0.400. The average Bonchev–Trinajstić information content (AvgIpc) is 2.30. The molecular formula is C10H12N2O2S. The number of nitrogens with zero attached hydrogens (tertiary/aromatic N) is 2. The van der Waals surface area contributed by atoms with Gasteiger partial charge in [-0.3, -0.25) is 0 Å². The molecule has 1 aliphatic heterocycles. The van der Waals surface area contributed by atoms with E-state index in [1.54, 1.807) is 6.07 Å². The number of rotatable bonds is 2. The third-order valence-electron chi connectivity index (χ3n) is 2.29. The van der Waals surface area contributed by atoms with Gasteiger partial charge in [-0.05, 0) is 12.1 Å². The van der Waals surface area contributed by atoms with Crippen molar-refractivity contribution in [2.75, 3.05) is 29.5 Å². The van der Waals surface area contributed by atoms with Gasteiger partial charge in [0, 0.05) is 24.6 Å². The summed E-state index contributed by atoms with van der Waals surface area (Å²) in [6.07, 6.45) is 0. The number of carboxylic acid groups (broad SMARTS) is 1. The molecule has 0 aliphatic carbocycles. The first-order chi connectivity index (χ1) is 7.27. The smallest absolute Gasteiger partial charge is 0.354 e. The second-order valence-electron chi connectivity index (χ2n) is 3.29. The van der Waals surface area contributed by atoms with Crippen LogP contribution in [0.2, 0.25) is 0 Å². The number of aromatic nitrogens is 1. The first-order valence-corrected chi connectivity index (χ1v) is 5.96. The van der Waals surface area contributed by atoms with Crippen molar-refractivity contribution in [2.45, 2.75) is 0 Å². The van der Waals surface area contributed by atoms with E-state index < -0.39 is 5.97 Å². The monoisotopic (exact) mass is 224 g/mol. The van der Waals surface area contributed by atoms with Crippen molar-refractivity contribution >= 4 is 23.5 Å². The number of hydrogen-bond acceptors (Lipinski definition) is 4. The summed E-state index contributed by atoms with van der Waals surface area (Å²) < 4.78 is 0. The van der Waals surface area contributed by atoms with Crippen LogP contribution in [0.3, 0.4) is 0 Å². The van der Waals surface area contributed by atoms with E-state index in [0.29, 0.717) is 0 Å². The normalized spacial score (nSPS) is 16.4. The van der Waals surface area contributed by atoms with Gasteiger partial charge in [-0.25, -0.2) is 9.78 Å². The molecule has 1 aliphatic rings. The Kier molecular flexibility index (Phi) is 3.11. The van der Waals surface area contributed by atoms with Gasteiger partial charge in [0.2, 0.25) is 0 Å². The average molecular weight is 224 g/mol. The lowest BCUT2D eigenvalue weighted by atomic mass is 10.3. The fourth-order valence-electron chi connectivity index (χ4n) is 1.51. The minimum atomic E-state index is -0.969. The molecule has 0 atom stereocenters. The minimum Gasteiger partial charge on any atom is -0.477 e. The Labute approximate surface area is 92.3 Å². The molecule has 15 heavy (non-hydrogen) atoms. The van der Waals surface area contributed by atoms with Crippen molar-refractivity contribution < 1.29 is 9.90 Å². The number of anilines is 1. The lowest BCUT2D eigenvalue weighted by molar-refractivity contribution is 0.0690. The van der Waals surface area contributed by atoms with Crippen LogP contribution >= 0.6 is 11.8 Å². The van der Waals surface area contributed by atoms with Gasteiger partial charge in [-0.15, -0.1) is 0 Å². The van der Waals surface area contributed by atoms with Crippen molar-refractivity contribution in [2.24, 2.45) is 0 Å². The largest absolute Gasteiger partial charge is 0.477 e. The highest BCUT2D eigenvalue weighted by atomic mass is 32.2. The molecule has 0 bridgehead atoms. The van der Waals surface area contributed by atoms with Crippen LogP contribution in [-0.4, -0.2) is 40.7 Å². The first-order valence-electron chi connectivity index (χ1n) is 4.80. The maximum absolute atomic E-state index is 10.8. The summed E-state index contributed by atoms with van der Waals surface area (Å²) in [4.78, 5) is 17.0. The van der Waals surface area contributed by atoms with Crippen molar-refractivity contribution in [3.63, 3.8) is 0 Å². The van der Waals surface area contributed by atoms with Crippen molar-refractivity contribution in [3.05, 3.63) is 23.9 Å². The number of pyridine rings is 1. The van der Waals surface area contributed by atoms with Gasteiger partial charge in [0.15, 0.2) is 5.69 Å². The minimum absolute atomic E-state index is 0.116. The molecule has 1 fully saturated rings. The second-order valence-corrected chi connectivity index (χ2v) is 4.51. The Morgan fingerprint density at radius 3 is 2.80 bits per heavy atom. The van der Waals surface area contributed by atoms with Gasteiger partial charge >= 0.3 is 5.97 Å². The van der Waals surface area contributed by atoms with Crippen molar-refractivity contribution in [3.8, 4) is 0 Å². The zero-order valence-corrected chi connectivity index (χ0v) is 9.04. The molecule has 2 rings (SSSR count). The van der Waals surface area contributed by atoms with E-state index in [0.717, 1.165) is 30.4 Å². The van der Waals surface area contributed by atoms with Crippen LogP contribution in [0.25, 0.3) is 0 Å². The number of carboxylic acids is 1. The third kappa shape index (κ3) is 2.41. The Hall–Kier alpha value is -1.23. The summed E-state index contributed by atoms with van der Waals surface area (Å²) >= 11 is 1.92. The number of carbonyl (C=O) groups is 1. The lowest BCUT2D eigenvalue weighted by Gasteiger charge is -2.27. The summed E-state index contributed by atoms with van der Waals surface area (Å²) in [6, 6.07) is 5.13. The quantitative estimate of drug-likeness (QED) is 0.821. The lowest BCUT2D eigenvalue weighted by Crippen LogP contribution is -2.33. The van der Waals surface area contributed by atoms with Crippen LogP contribution in [0, 0.1) is 0 Å². The molecule has 0 saturated carbocycles.